The van der Waals surface area contributed by atoms with E-state index in [0.717, 1.165) is 56.4 Å². The molecule has 242 valence electrons. The minimum atomic E-state index is 0.246. The Morgan fingerprint density at radius 1 is 0.260 bits per heavy atom. The fourth-order valence-electron chi connectivity index (χ4n) is 5.82. The molecule has 0 aliphatic carbocycles. The number of aromatic hydroxyl groups is 2. The second kappa shape index (κ2) is 15.0. The molecule has 7 rings (SSSR count). The quantitative estimate of drug-likeness (QED) is 0.145. The average Bonchev–Trinajstić information content (AvgIpc) is 3.17. The van der Waals surface area contributed by atoms with E-state index in [1.165, 1.54) is 0 Å². The molecular weight excluding hydrogens is 613 g/mol. The van der Waals surface area contributed by atoms with Crippen LogP contribution in [0.4, 0.5) is 34.1 Å². The zero-order chi connectivity index (χ0) is 34.1. The number of hydrogen-bond acceptors (Lipinski definition) is 4. The Morgan fingerprint density at radius 3 is 0.760 bits per heavy atom. The van der Waals surface area contributed by atoms with Crippen molar-refractivity contribution in [1.29, 1.82) is 0 Å². The summed E-state index contributed by atoms with van der Waals surface area (Å²) in [7, 11) is 0. The normalized spacial score (nSPS) is 11.2. The van der Waals surface area contributed by atoms with Gasteiger partial charge in [-0.15, -0.1) is 0 Å². The van der Waals surface area contributed by atoms with Crippen molar-refractivity contribution in [3.8, 4) is 11.5 Å². The van der Waals surface area contributed by atoms with Crippen LogP contribution in [0.1, 0.15) is 22.3 Å². The van der Waals surface area contributed by atoms with Crippen LogP contribution in [0, 0.1) is 0 Å². The highest BCUT2D eigenvalue weighted by molar-refractivity contribution is 5.80. The molecule has 0 aliphatic rings. The highest BCUT2D eigenvalue weighted by Gasteiger charge is 2.13. The van der Waals surface area contributed by atoms with Gasteiger partial charge in [0.15, 0.2) is 0 Å². The van der Waals surface area contributed by atoms with Crippen LogP contribution in [0.5, 0.6) is 11.5 Å². The molecule has 4 nitrogen and oxygen atoms in total. The molecule has 4 heteroatoms. The molecule has 0 atom stereocenters. The molecule has 0 radical (unpaired) electrons. The van der Waals surface area contributed by atoms with E-state index in [1.54, 1.807) is 24.3 Å². The van der Waals surface area contributed by atoms with Crippen LogP contribution in [0.25, 0.3) is 24.3 Å². The van der Waals surface area contributed by atoms with Gasteiger partial charge < -0.3 is 20.0 Å². The maximum Gasteiger partial charge on any atom is 0.115 e. The number of phenols is 2. The molecule has 0 unspecified atom stereocenters. The van der Waals surface area contributed by atoms with E-state index in [1.807, 2.05) is 60.7 Å². The Labute approximate surface area is 293 Å². The van der Waals surface area contributed by atoms with Crippen LogP contribution in [0.15, 0.2) is 182 Å². The molecule has 0 fully saturated rings. The first-order valence-electron chi connectivity index (χ1n) is 16.5. The molecule has 0 saturated carbocycles. The van der Waals surface area contributed by atoms with E-state index < -0.39 is 0 Å². The maximum atomic E-state index is 9.81. The smallest absolute Gasteiger partial charge is 0.115 e. The summed E-state index contributed by atoms with van der Waals surface area (Å²) >= 11 is 0. The lowest BCUT2D eigenvalue weighted by Crippen LogP contribution is -2.09. The molecule has 0 bridgehead atoms. The topological polar surface area (TPSA) is 46.9 Å². The van der Waals surface area contributed by atoms with E-state index in [-0.39, 0.29) is 11.5 Å². The summed E-state index contributed by atoms with van der Waals surface area (Å²) < 4.78 is 0. The SMILES string of the molecule is Oc1ccc(N(c2ccccc2)c2ccc(C=Cc3ccc(C=Cc4ccc(N(c5ccccc5)c5ccc(O)cc5)cc4)cc3)cc2)cc1. The highest BCUT2D eigenvalue weighted by atomic mass is 16.3. The minimum absolute atomic E-state index is 0.246. The number of para-hydroxylation sites is 2. The zero-order valence-electron chi connectivity index (χ0n) is 27.4. The van der Waals surface area contributed by atoms with Gasteiger partial charge >= 0.3 is 0 Å². The van der Waals surface area contributed by atoms with Crippen LogP contribution in [-0.2, 0) is 0 Å². The molecule has 0 amide bonds. The summed E-state index contributed by atoms with van der Waals surface area (Å²) in [5.41, 5.74) is 10.6. The first kappa shape index (κ1) is 31.8. The first-order chi connectivity index (χ1) is 24.6. The number of rotatable bonds is 10. The van der Waals surface area contributed by atoms with Crippen molar-refractivity contribution in [2.75, 3.05) is 9.80 Å². The van der Waals surface area contributed by atoms with E-state index in [0.29, 0.717) is 0 Å². The third kappa shape index (κ3) is 7.67. The summed E-state index contributed by atoms with van der Waals surface area (Å²) in [5, 5.41) is 19.6. The Hall–Kier alpha value is -6.78. The standard InChI is InChI=1S/C46H36N2O2/c49-45-31-27-43(28-32-45)47(39-7-3-1-4-8-39)41-23-19-37(20-24-41)17-15-35-11-13-36(14-12-35)16-18-38-21-25-42(26-22-38)48(40-9-5-2-6-10-40)44-29-33-46(50)34-30-44/h1-34,49-50H. The highest BCUT2D eigenvalue weighted by Crippen LogP contribution is 2.36. The van der Waals surface area contributed by atoms with Crippen molar-refractivity contribution in [2.45, 2.75) is 0 Å². The summed E-state index contributed by atoms with van der Waals surface area (Å²) in [5.74, 6) is 0.492. The van der Waals surface area contributed by atoms with Crippen molar-refractivity contribution in [3.63, 3.8) is 0 Å². The molecule has 0 aliphatic heterocycles. The van der Waals surface area contributed by atoms with Gasteiger partial charge in [0.25, 0.3) is 0 Å². The predicted octanol–water partition coefficient (Wildman–Crippen LogP) is 12.4. The second-order valence-electron chi connectivity index (χ2n) is 11.9. The van der Waals surface area contributed by atoms with Crippen molar-refractivity contribution in [1.82, 2.24) is 0 Å². The number of anilines is 6. The second-order valence-corrected chi connectivity index (χ2v) is 11.9. The minimum Gasteiger partial charge on any atom is -0.508 e. The van der Waals surface area contributed by atoms with Gasteiger partial charge in [-0.2, -0.15) is 0 Å². The van der Waals surface area contributed by atoms with Crippen molar-refractivity contribution >= 4 is 58.4 Å². The van der Waals surface area contributed by atoms with Gasteiger partial charge in [-0.1, -0.05) is 109 Å². The molecule has 0 heterocycles. The number of hydrogen-bond donors (Lipinski definition) is 2. The fraction of sp³-hybridized carbons (Fsp3) is 0. The van der Waals surface area contributed by atoms with Crippen molar-refractivity contribution < 1.29 is 10.2 Å². The van der Waals surface area contributed by atoms with Gasteiger partial charge in [-0.3, -0.25) is 0 Å². The third-order valence-corrected chi connectivity index (χ3v) is 8.42. The molecule has 0 spiro atoms. The lowest BCUT2D eigenvalue weighted by atomic mass is 10.1. The molecule has 0 saturated heterocycles. The molecule has 7 aromatic carbocycles. The number of nitrogens with zero attached hydrogens (tertiary/aromatic N) is 2. The van der Waals surface area contributed by atoms with Gasteiger partial charge in [0.1, 0.15) is 11.5 Å². The Balaban J connectivity index is 1.02. The Kier molecular flexibility index (Phi) is 9.52. The van der Waals surface area contributed by atoms with Crippen molar-refractivity contribution in [2.24, 2.45) is 0 Å². The summed E-state index contributed by atoms with van der Waals surface area (Å²) in [4.78, 5) is 4.34. The van der Waals surface area contributed by atoms with E-state index in [2.05, 4.69) is 131 Å². The largest absolute Gasteiger partial charge is 0.508 e. The van der Waals surface area contributed by atoms with Crippen LogP contribution < -0.4 is 9.80 Å². The predicted molar refractivity (Wildman–Crippen MR) is 210 cm³/mol. The van der Waals surface area contributed by atoms with Gasteiger partial charge in [0, 0.05) is 34.1 Å². The fourth-order valence-corrected chi connectivity index (χ4v) is 5.82. The molecular formula is C46H36N2O2. The van der Waals surface area contributed by atoms with Gasteiger partial charge in [0.2, 0.25) is 0 Å². The summed E-state index contributed by atoms with van der Waals surface area (Å²) in [6.45, 7) is 0. The summed E-state index contributed by atoms with van der Waals surface area (Å²) in [6, 6.07) is 60.4. The van der Waals surface area contributed by atoms with Gasteiger partial charge in [-0.05, 0) is 119 Å². The van der Waals surface area contributed by atoms with Crippen LogP contribution in [-0.4, -0.2) is 10.2 Å². The van der Waals surface area contributed by atoms with E-state index in [4.69, 9.17) is 0 Å². The van der Waals surface area contributed by atoms with Crippen LogP contribution in [0.2, 0.25) is 0 Å². The first-order valence-corrected chi connectivity index (χ1v) is 16.5. The van der Waals surface area contributed by atoms with E-state index >= 15 is 0 Å². The molecule has 2 N–H and O–H groups in total. The van der Waals surface area contributed by atoms with Crippen LogP contribution in [0.3, 0.4) is 0 Å². The molecule has 0 aromatic heterocycles. The molecule has 7 aromatic rings. The monoisotopic (exact) mass is 648 g/mol. The van der Waals surface area contributed by atoms with Crippen molar-refractivity contribution in [3.05, 3.63) is 204 Å². The third-order valence-electron chi connectivity index (χ3n) is 8.42. The number of phenolic OH excluding ortho intramolecular Hbond substituents is 2. The molecule has 50 heavy (non-hydrogen) atoms. The lowest BCUT2D eigenvalue weighted by Gasteiger charge is -2.25. The average molecular weight is 649 g/mol. The summed E-state index contributed by atoms with van der Waals surface area (Å²) in [6.07, 6.45) is 8.51. The zero-order valence-corrected chi connectivity index (χ0v) is 27.4. The van der Waals surface area contributed by atoms with Gasteiger partial charge in [0.05, 0.1) is 0 Å². The van der Waals surface area contributed by atoms with Gasteiger partial charge in [-0.25, -0.2) is 0 Å². The maximum absolute atomic E-state index is 9.81. The lowest BCUT2D eigenvalue weighted by molar-refractivity contribution is 0.475. The number of benzene rings is 7. The Bertz CT molecular complexity index is 2010. The Morgan fingerprint density at radius 2 is 0.480 bits per heavy atom. The van der Waals surface area contributed by atoms with E-state index in [9.17, 15) is 10.2 Å². The van der Waals surface area contributed by atoms with Crippen LogP contribution >= 0.6 is 0 Å².